The first-order valence-electron chi connectivity index (χ1n) is 6.56. The van der Waals surface area contributed by atoms with Crippen LogP contribution in [0.1, 0.15) is 12.0 Å². The predicted molar refractivity (Wildman–Crippen MR) is 74.2 cm³/mol. The summed E-state index contributed by atoms with van der Waals surface area (Å²) in [6, 6.07) is 1.61. The number of nitro groups is 1. The van der Waals surface area contributed by atoms with Gasteiger partial charge in [0, 0.05) is 24.8 Å². The van der Waals surface area contributed by atoms with Crippen LogP contribution in [0.3, 0.4) is 0 Å². The first kappa shape index (κ1) is 15.2. The molecule has 1 atom stereocenters. The van der Waals surface area contributed by atoms with Gasteiger partial charge in [-0.1, -0.05) is 0 Å². The molecule has 0 amide bonds. The van der Waals surface area contributed by atoms with Crippen LogP contribution in [0, 0.1) is 17.0 Å². The van der Waals surface area contributed by atoms with Crippen LogP contribution in [0.4, 0.5) is 11.5 Å². The summed E-state index contributed by atoms with van der Waals surface area (Å²) >= 11 is 0. The number of ether oxygens (including phenoxy) is 2. The van der Waals surface area contributed by atoms with Gasteiger partial charge in [-0.15, -0.1) is 0 Å². The summed E-state index contributed by atoms with van der Waals surface area (Å²) in [5.74, 6) is -0.0493. The van der Waals surface area contributed by atoms with E-state index in [9.17, 15) is 14.9 Å². The minimum atomic E-state index is -0.428. The standard InChI is InChI=1S/C13H17N3O5/c1-9-3-4-14-13(12(9)16(18)19)15-5-6-21-10(8-15)7-11(17)20-2/h3-4,10H,5-8H2,1-2H3. The lowest BCUT2D eigenvalue weighted by atomic mass is 10.2. The van der Waals surface area contributed by atoms with Crippen LogP contribution >= 0.6 is 0 Å². The van der Waals surface area contributed by atoms with Crippen molar-refractivity contribution in [2.75, 3.05) is 31.7 Å². The Bertz CT molecular complexity index is 549. The van der Waals surface area contributed by atoms with Crippen molar-refractivity contribution in [3.05, 3.63) is 27.9 Å². The smallest absolute Gasteiger partial charge is 0.314 e. The number of hydrogen-bond donors (Lipinski definition) is 0. The number of carbonyl (C=O) groups excluding carboxylic acids is 1. The Kier molecular flexibility index (Phi) is 4.69. The van der Waals surface area contributed by atoms with Gasteiger partial charge in [-0.05, 0) is 13.0 Å². The normalized spacial score (nSPS) is 18.4. The van der Waals surface area contributed by atoms with Gasteiger partial charge in [0.15, 0.2) is 0 Å². The fraction of sp³-hybridized carbons (Fsp3) is 0.538. The SMILES string of the molecule is COC(=O)CC1CN(c2nccc(C)c2[N+](=O)[O-])CCO1. The van der Waals surface area contributed by atoms with Crippen LogP contribution in [-0.2, 0) is 14.3 Å². The fourth-order valence-electron chi connectivity index (χ4n) is 2.30. The number of carbonyl (C=O) groups is 1. The molecule has 114 valence electrons. The molecule has 1 aliphatic heterocycles. The minimum absolute atomic E-state index is 0.00350. The summed E-state index contributed by atoms with van der Waals surface area (Å²) in [4.78, 5) is 28.0. The maximum atomic E-state index is 11.3. The molecule has 8 heteroatoms. The highest BCUT2D eigenvalue weighted by Gasteiger charge is 2.29. The van der Waals surface area contributed by atoms with Gasteiger partial charge in [-0.25, -0.2) is 4.98 Å². The summed E-state index contributed by atoms with van der Waals surface area (Å²) in [7, 11) is 1.32. The molecule has 2 rings (SSSR count). The quantitative estimate of drug-likeness (QED) is 0.465. The van der Waals surface area contributed by atoms with Crippen LogP contribution < -0.4 is 4.90 Å². The van der Waals surface area contributed by atoms with Crippen molar-refractivity contribution in [2.45, 2.75) is 19.4 Å². The summed E-state index contributed by atoms with van der Waals surface area (Å²) in [6.45, 7) is 2.92. The number of pyridine rings is 1. The first-order valence-corrected chi connectivity index (χ1v) is 6.56. The number of aryl methyl sites for hydroxylation is 1. The number of hydrogen-bond acceptors (Lipinski definition) is 7. The third kappa shape index (κ3) is 3.46. The number of nitrogens with zero attached hydrogens (tertiary/aromatic N) is 3. The molecule has 0 bridgehead atoms. The number of morpholine rings is 1. The van der Waals surface area contributed by atoms with E-state index in [1.165, 1.54) is 7.11 Å². The van der Waals surface area contributed by atoms with E-state index >= 15 is 0 Å². The van der Waals surface area contributed by atoms with Gasteiger partial charge in [0.05, 0.1) is 31.2 Å². The van der Waals surface area contributed by atoms with E-state index in [0.717, 1.165) is 0 Å². The van der Waals surface area contributed by atoms with Crippen molar-refractivity contribution in [3.8, 4) is 0 Å². The molecule has 1 saturated heterocycles. The average molecular weight is 295 g/mol. The molecule has 1 unspecified atom stereocenters. The second-order valence-electron chi connectivity index (χ2n) is 4.78. The van der Waals surface area contributed by atoms with E-state index in [1.807, 2.05) is 0 Å². The average Bonchev–Trinajstić information content (AvgIpc) is 2.46. The van der Waals surface area contributed by atoms with Gasteiger partial charge in [0.2, 0.25) is 5.82 Å². The van der Waals surface area contributed by atoms with Crippen LogP contribution in [0.5, 0.6) is 0 Å². The van der Waals surface area contributed by atoms with Crippen molar-refractivity contribution in [2.24, 2.45) is 0 Å². The number of rotatable bonds is 4. The number of anilines is 1. The Morgan fingerprint density at radius 3 is 3.10 bits per heavy atom. The molecule has 21 heavy (non-hydrogen) atoms. The molecule has 8 nitrogen and oxygen atoms in total. The molecule has 1 aromatic rings. The van der Waals surface area contributed by atoms with Crippen molar-refractivity contribution in [1.82, 2.24) is 4.98 Å². The molecule has 0 aliphatic carbocycles. The van der Waals surface area contributed by atoms with Crippen LogP contribution in [0.25, 0.3) is 0 Å². The topological polar surface area (TPSA) is 94.8 Å². The van der Waals surface area contributed by atoms with Crippen LogP contribution in [0.2, 0.25) is 0 Å². The Morgan fingerprint density at radius 2 is 2.43 bits per heavy atom. The van der Waals surface area contributed by atoms with Gasteiger partial charge >= 0.3 is 11.7 Å². The van der Waals surface area contributed by atoms with Gasteiger partial charge in [-0.2, -0.15) is 0 Å². The monoisotopic (exact) mass is 295 g/mol. The Morgan fingerprint density at radius 1 is 1.67 bits per heavy atom. The predicted octanol–water partition coefficient (Wildman–Crippen LogP) is 1.07. The lowest BCUT2D eigenvalue weighted by molar-refractivity contribution is -0.384. The van der Waals surface area contributed by atoms with Crippen molar-refractivity contribution < 1.29 is 19.2 Å². The third-order valence-electron chi connectivity index (χ3n) is 3.35. The molecular formula is C13H17N3O5. The maximum absolute atomic E-state index is 11.3. The number of esters is 1. The van der Waals surface area contributed by atoms with E-state index in [-0.39, 0.29) is 24.2 Å². The van der Waals surface area contributed by atoms with Crippen molar-refractivity contribution >= 4 is 17.5 Å². The summed E-state index contributed by atoms with van der Waals surface area (Å²) in [5.41, 5.74) is 0.553. The molecule has 0 radical (unpaired) electrons. The highest BCUT2D eigenvalue weighted by Crippen LogP contribution is 2.30. The zero-order valence-electron chi connectivity index (χ0n) is 11.9. The zero-order chi connectivity index (χ0) is 15.4. The van der Waals surface area contributed by atoms with Gasteiger partial charge in [0.1, 0.15) is 0 Å². The molecule has 0 aromatic carbocycles. The number of aromatic nitrogens is 1. The van der Waals surface area contributed by atoms with E-state index in [1.54, 1.807) is 24.1 Å². The lowest BCUT2D eigenvalue weighted by Crippen LogP contribution is -2.44. The van der Waals surface area contributed by atoms with E-state index in [0.29, 0.717) is 31.1 Å². The maximum Gasteiger partial charge on any atom is 0.314 e. The lowest BCUT2D eigenvalue weighted by Gasteiger charge is -2.33. The highest BCUT2D eigenvalue weighted by atomic mass is 16.6. The minimum Gasteiger partial charge on any atom is -0.469 e. The highest BCUT2D eigenvalue weighted by molar-refractivity contribution is 5.70. The molecule has 0 saturated carbocycles. The molecule has 0 spiro atoms. The second-order valence-corrected chi connectivity index (χ2v) is 4.78. The Labute approximate surface area is 121 Å². The Balaban J connectivity index is 2.20. The van der Waals surface area contributed by atoms with Crippen LogP contribution in [0.15, 0.2) is 12.3 Å². The van der Waals surface area contributed by atoms with E-state index in [2.05, 4.69) is 9.72 Å². The summed E-state index contributed by atoms with van der Waals surface area (Å²) in [5, 5.41) is 11.2. The fourth-order valence-corrected chi connectivity index (χ4v) is 2.30. The summed E-state index contributed by atoms with van der Waals surface area (Å²) < 4.78 is 10.1. The van der Waals surface area contributed by atoms with Gasteiger partial charge in [-0.3, -0.25) is 14.9 Å². The van der Waals surface area contributed by atoms with Crippen molar-refractivity contribution in [1.29, 1.82) is 0 Å². The molecule has 2 heterocycles. The summed E-state index contributed by atoms with van der Waals surface area (Å²) in [6.07, 6.45) is 1.31. The first-order chi connectivity index (χ1) is 10.0. The van der Waals surface area contributed by atoms with Gasteiger partial charge in [0.25, 0.3) is 0 Å². The van der Waals surface area contributed by atoms with Crippen LogP contribution in [-0.4, -0.2) is 48.8 Å². The zero-order valence-corrected chi connectivity index (χ0v) is 11.9. The molecule has 1 aliphatic rings. The number of methoxy groups -OCH3 is 1. The largest absolute Gasteiger partial charge is 0.469 e. The van der Waals surface area contributed by atoms with E-state index in [4.69, 9.17) is 4.74 Å². The molecule has 1 aromatic heterocycles. The molecule has 0 N–H and O–H groups in total. The van der Waals surface area contributed by atoms with Gasteiger partial charge < -0.3 is 14.4 Å². The third-order valence-corrected chi connectivity index (χ3v) is 3.35. The Hall–Kier alpha value is -2.22. The molecule has 1 fully saturated rings. The molecular weight excluding hydrogens is 278 g/mol. The van der Waals surface area contributed by atoms with Crippen molar-refractivity contribution in [3.63, 3.8) is 0 Å². The second kappa shape index (κ2) is 6.49. The van der Waals surface area contributed by atoms with E-state index < -0.39 is 4.92 Å².